The highest BCUT2D eigenvalue weighted by molar-refractivity contribution is 6.22. The Morgan fingerprint density at radius 1 is 0.250 bits per heavy atom. The second-order valence-electron chi connectivity index (χ2n) is 12.7. The Bertz CT molecular complexity index is 2370. The molecule has 244 valence electrons. The van der Waals surface area contributed by atoms with Crippen LogP contribution < -0.4 is 0 Å². The third-order valence-corrected chi connectivity index (χ3v) is 9.54. The molecule has 0 bridgehead atoms. The van der Waals surface area contributed by atoms with Gasteiger partial charge in [0.1, 0.15) is 0 Å². The van der Waals surface area contributed by atoms with E-state index in [9.17, 15) is 0 Å². The molecule has 4 nitrogen and oxygen atoms in total. The molecular formula is C48H32N4. The van der Waals surface area contributed by atoms with E-state index >= 15 is 0 Å². The van der Waals surface area contributed by atoms with E-state index in [4.69, 9.17) is 9.98 Å². The van der Waals surface area contributed by atoms with Crippen molar-refractivity contribution >= 4 is 22.8 Å². The van der Waals surface area contributed by atoms with Crippen LogP contribution in [0.5, 0.6) is 0 Å². The molecule has 8 aromatic rings. The average molecular weight is 665 g/mol. The summed E-state index contributed by atoms with van der Waals surface area (Å²) in [6.45, 7) is 0. The van der Waals surface area contributed by atoms with Gasteiger partial charge in [0.15, 0.2) is 0 Å². The van der Waals surface area contributed by atoms with Gasteiger partial charge in [-0.3, -0.25) is 9.97 Å². The summed E-state index contributed by atoms with van der Waals surface area (Å²) in [6, 6.07) is 59.4. The van der Waals surface area contributed by atoms with Gasteiger partial charge in [0.05, 0.1) is 22.8 Å². The fourth-order valence-electron chi connectivity index (χ4n) is 6.75. The van der Waals surface area contributed by atoms with E-state index in [0.29, 0.717) is 0 Å². The van der Waals surface area contributed by atoms with Gasteiger partial charge in [-0.1, -0.05) is 158 Å². The molecule has 1 aliphatic heterocycles. The van der Waals surface area contributed by atoms with Crippen molar-refractivity contribution in [3.8, 4) is 44.5 Å². The molecule has 1 aliphatic rings. The minimum absolute atomic E-state index is 0.805. The van der Waals surface area contributed by atoms with E-state index in [1.807, 2.05) is 36.7 Å². The van der Waals surface area contributed by atoms with Crippen LogP contribution in [0.4, 0.5) is 11.4 Å². The molecule has 4 heteroatoms. The van der Waals surface area contributed by atoms with Crippen molar-refractivity contribution in [2.24, 2.45) is 9.98 Å². The highest BCUT2D eigenvalue weighted by Crippen LogP contribution is 2.34. The van der Waals surface area contributed by atoms with Crippen LogP contribution in [0.15, 0.2) is 205 Å². The molecule has 0 aliphatic carbocycles. The molecular weight excluding hydrogens is 633 g/mol. The van der Waals surface area contributed by atoms with E-state index in [0.717, 1.165) is 67.3 Å². The number of nitrogens with zero attached hydrogens (tertiary/aromatic N) is 4. The maximum atomic E-state index is 5.29. The van der Waals surface area contributed by atoms with Crippen molar-refractivity contribution in [1.29, 1.82) is 0 Å². The molecule has 52 heavy (non-hydrogen) atoms. The van der Waals surface area contributed by atoms with Crippen molar-refractivity contribution < 1.29 is 0 Å². The number of rotatable bonds is 6. The van der Waals surface area contributed by atoms with E-state index in [2.05, 4.69) is 156 Å². The van der Waals surface area contributed by atoms with Crippen LogP contribution in [0, 0.1) is 0 Å². The molecule has 0 spiro atoms. The fraction of sp³-hybridized carbons (Fsp3) is 0. The second-order valence-corrected chi connectivity index (χ2v) is 12.7. The predicted molar refractivity (Wildman–Crippen MR) is 214 cm³/mol. The second kappa shape index (κ2) is 13.7. The molecule has 0 unspecified atom stereocenters. The molecule has 0 fully saturated rings. The van der Waals surface area contributed by atoms with Gasteiger partial charge in [0.25, 0.3) is 0 Å². The highest BCUT2D eigenvalue weighted by Gasteiger charge is 2.21. The van der Waals surface area contributed by atoms with Crippen molar-refractivity contribution in [1.82, 2.24) is 9.97 Å². The van der Waals surface area contributed by atoms with E-state index in [1.165, 1.54) is 22.3 Å². The molecule has 0 saturated carbocycles. The van der Waals surface area contributed by atoms with Crippen LogP contribution in [0.1, 0.15) is 22.3 Å². The van der Waals surface area contributed by atoms with Crippen molar-refractivity contribution in [2.45, 2.75) is 0 Å². The Balaban J connectivity index is 1.04. The Kier molecular flexibility index (Phi) is 8.16. The Morgan fingerprint density at radius 3 is 0.827 bits per heavy atom. The lowest BCUT2D eigenvalue weighted by molar-refractivity contribution is 1.26. The van der Waals surface area contributed by atoms with Gasteiger partial charge in [0.2, 0.25) is 0 Å². The number of aromatic nitrogens is 2. The first-order chi connectivity index (χ1) is 25.8. The topological polar surface area (TPSA) is 50.5 Å². The molecule has 9 rings (SSSR count). The van der Waals surface area contributed by atoms with Crippen LogP contribution in [0.25, 0.3) is 44.5 Å². The molecule has 0 amide bonds. The lowest BCUT2D eigenvalue weighted by Crippen LogP contribution is -2.11. The van der Waals surface area contributed by atoms with Gasteiger partial charge in [-0.2, -0.15) is 0 Å². The molecule has 3 heterocycles. The zero-order chi connectivity index (χ0) is 34.7. The standard InChI is InChI=1S/C48H32N4/c1-3-7-33(8-4-1)35-11-15-37(16-12-35)39-19-23-41(24-20-39)47-43-31-49-29-27-45(43)52-48(44-32-50-30-28-46(44)51-47)42-25-21-40(22-26-42)38-17-13-36(14-18-38)34-9-5-2-6-10-34/h1-32H/b47-43?,48-44?,51-46?,51-47-,52-45?,52-48-. The molecule has 0 atom stereocenters. The summed E-state index contributed by atoms with van der Waals surface area (Å²) in [5, 5.41) is 0. The van der Waals surface area contributed by atoms with Crippen LogP contribution in [0.3, 0.4) is 0 Å². The van der Waals surface area contributed by atoms with Crippen LogP contribution in [-0.2, 0) is 0 Å². The van der Waals surface area contributed by atoms with Gasteiger partial charge in [-0.25, -0.2) is 9.98 Å². The number of hydrogen-bond acceptors (Lipinski definition) is 4. The quantitative estimate of drug-likeness (QED) is 0.178. The monoisotopic (exact) mass is 664 g/mol. The first kappa shape index (κ1) is 31.0. The average Bonchev–Trinajstić information content (AvgIpc) is 3.23. The zero-order valence-corrected chi connectivity index (χ0v) is 28.3. The van der Waals surface area contributed by atoms with E-state index < -0.39 is 0 Å². The van der Waals surface area contributed by atoms with E-state index in [1.54, 1.807) is 12.4 Å². The Hall–Kier alpha value is -7.04. The van der Waals surface area contributed by atoms with Gasteiger partial charge < -0.3 is 0 Å². The highest BCUT2D eigenvalue weighted by atomic mass is 14.9. The largest absolute Gasteiger partial charge is 0.264 e. The third-order valence-electron chi connectivity index (χ3n) is 9.54. The SMILES string of the molecule is c1ccc(-c2ccc(-c3ccc(/C4=N/c5ccncc5/C(c5ccc(-c6ccc(-c7ccccc7)cc6)cc5)=N\c5ccncc54)cc3)cc2)cc1. The van der Waals surface area contributed by atoms with Crippen molar-refractivity contribution in [3.05, 3.63) is 217 Å². The number of fused-ring (bicyclic) bond motifs is 2. The van der Waals surface area contributed by atoms with Gasteiger partial charge in [-0.05, 0) is 56.6 Å². The lowest BCUT2D eigenvalue weighted by Gasteiger charge is -2.18. The number of hydrogen-bond donors (Lipinski definition) is 0. The summed E-state index contributed by atoms with van der Waals surface area (Å²) in [5.74, 6) is 0. The molecule has 0 radical (unpaired) electrons. The predicted octanol–water partition coefficient (Wildman–Crippen LogP) is 11.8. The summed E-state index contributed by atoms with van der Waals surface area (Å²) in [6.07, 6.45) is 7.29. The first-order valence-electron chi connectivity index (χ1n) is 17.4. The zero-order valence-electron chi connectivity index (χ0n) is 28.3. The maximum absolute atomic E-state index is 5.29. The summed E-state index contributed by atoms with van der Waals surface area (Å²) in [7, 11) is 0. The number of aliphatic imine (C=N–C) groups is 2. The molecule has 0 saturated heterocycles. The minimum atomic E-state index is 0.805. The first-order valence-corrected chi connectivity index (χ1v) is 17.4. The lowest BCUT2D eigenvalue weighted by atomic mass is 9.95. The van der Waals surface area contributed by atoms with Crippen LogP contribution in [-0.4, -0.2) is 21.4 Å². The third kappa shape index (κ3) is 6.14. The van der Waals surface area contributed by atoms with Gasteiger partial charge in [0, 0.05) is 47.0 Å². The number of benzene rings is 6. The summed E-state index contributed by atoms with van der Waals surface area (Å²) in [5.41, 5.74) is 16.4. The smallest absolute Gasteiger partial charge is 0.0819 e. The fourth-order valence-corrected chi connectivity index (χ4v) is 6.75. The van der Waals surface area contributed by atoms with Crippen molar-refractivity contribution in [3.63, 3.8) is 0 Å². The molecule has 0 N–H and O–H groups in total. The number of pyridine rings is 2. The van der Waals surface area contributed by atoms with Gasteiger partial charge in [-0.15, -0.1) is 0 Å². The summed E-state index contributed by atoms with van der Waals surface area (Å²) >= 11 is 0. The maximum Gasteiger partial charge on any atom is 0.0819 e. The molecule has 6 aromatic carbocycles. The van der Waals surface area contributed by atoms with Crippen molar-refractivity contribution in [2.75, 3.05) is 0 Å². The summed E-state index contributed by atoms with van der Waals surface area (Å²) < 4.78 is 0. The Morgan fingerprint density at radius 2 is 0.519 bits per heavy atom. The van der Waals surface area contributed by atoms with Gasteiger partial charge >= 0.3 is 0 Å². The minimum Gasteiger partial charge on any atom is -0.264 e. The normalized spacial score (nSPS) is 14.1. The Labute approximate surface area is 303 Å². The molecule has 2 aromatic heterocycles. The van der Waals surface area contributed by atoms with Crippen LogP contribution >= 0.6 is 0 Å². The van der Waals surface area contributed by atoms with E-state index in [-0.39, 0.29) is 0 Å². The van der Waals surface area contributed by atoms with Crippen LogP contribution in [0.2, 0.25) is 0 Å². The summed E-state index contributed by atoms with van der Waals surface area (Å²) in [4.78, 5) is 19.6.